The van der Waals surface area contributed by atoms with Crippen LogP contribution in [0.1, 0.15) is 63.5 Å². The van der Waals surface area contributed by atoms with Gasteiger partial charge in [-0.15, -0.1) is 0 Å². The fourth-order valence-electron chi connectivity index (χ4n) is 5.36. The van der Waals surface area contributed by atoms with Gasteiger partial charge in [-0.1, -0.05) is 43.2 Å². The summed E-state index contributed by atoms with van der Waals surface area (Å²) in [6, 6.07) is 11.4. The highest BCUT2D eigenvalue weighted by molar-refractivity contribution is 5.81. The minimum absolute atomic E-state index is 0.271. The molecule has 2 unspecified atom stereocenters. The Balaban J connectivity index is 1.37. The molecule has 2 N–H and O–H groups in total. The van der Waals surface area contributed by atoms with E-state index in [4.69, 9.17) is 4.99 Å². The summed E-state index contributed by atoms with van der Waals surface area (Å²) in [7, 11) is 0. The number of benzene rings is 1. The predicted molar refractivity (Wildman–Crippen MR) is 126 cm³/mol. The maximum Gasteiger partial charge on any atom is 0.225 e. The van der Waals surface area contributed by atoms with Crippen molar-refractivity contribution in [2.45, 2.75) is 64.0 Å². The van der Waals surface area contributed by atoms with Crippen molar-refractivity contribution in [3.8, 4) is 0 Å². The molecule has 1 aliphatic carbocycles. The average molecular weight is 426 g/mol. The summed E-state index contributed by atoms with van der Waals surface area (Å²) >= 11 is 0. The van der Waals surface area contributed by atoms with Crippen LogP contribution in [0.4, 0.5) is 0 Å². The smallest absolute Gasteiger partial charge is 0.225 e. The summed E-state index contributed by atoms with van der Waals surface area (Å²) in [4.78, 5) is 22.4. The van der Waals surface area contributed by atoms with Crippen LogP contribution < -0.4 is 10.6 Å². The monoisotopic (exact) mass is 425 g/mol. The van der Waals surface area contributed by atoms with Crippen LogP contribution in [-0.4, -0.2) is 67.0 Å². The first kappa shape index (κ1) is 22.1. The van der Waals surface area contributed by atoms with Crippen molar-refractivity contribution < 1.29 is 4.79 Å². The number of nitrogens with zero attached hydrogens (tertiary/aromatic N) is 3. The van der Waals surface area contributed by atoms with Gasteiger partial charge in [-0.2, -0.15) is 0 Å². The van der Waals surface area contributed by atoms with Gasteiger partial charge >= 0.3 is 0 Å². The van der Waals surface area contributed by atoms with Gasteiger partial charge in [0.2, 0.25) is 5.91 Å². The molecule has 31 heavy (non-hydrogen) atoms. The topological polar surface area (TPSA) is 60.0 Å². The van der Waals surface area contributed by atoms with Gasteiger partial charge in [0.15, 0.2) is 5.96 Å². The highest BCUT2D eigenvalue weighted by Crippen LogP contribution is 2.28. The molecule has 3 aliphatic rings. The molecule has 2 atom stereocenters. The van der Waals surface area contributed by atoms with E-state index < -0.39 is 0 Å². The third kappa shape index (κ3) is 5.79. The maximum atomic E-state index is 12.8. The fourth-order valence-corrected chi connectivity index (χ4v) is 5.36. The number of carbonyl (C=O) groups excluding carboxylic acids is 1. The van der Waals surface area contributed by atoms with E-state index >= 15 is 0 Å². The zero-order valence-corrected chi connectivity index (χ0v) is 19.1. The molecule has 1 aromatic carbocycles. The van der Waals surface area contributed by atoms with Gasteiger partial charge in [0.05, 0.1) is 12.6 Å². The number of likely N-dealkylation sites (tertiary alicyclic amines) is 2. The third-order valence-electron chi connectivity index (χ3n) is 7.08. The Morgan fingerprint density at radius 2 is 1.81 bits per heavy atom. The molecule has 0 aromatic heterocycles. The summed E-state index contributed by atoms with van der Waals surface area (Å²) in [6.45, 7) is 7.66. The van der Waals surface area contributed by atoms with Gasteiger partial charge in [0.25, 0.3) is 0 Å². The molecule has 2 aliphatic heterocycles. The van der Waals surface area contributed by atoms with E-state index in [-0.39, 0.29) is 12.0 Å². The van der Waals surface area contributed by atoms with E-state index in [1.165, 1.54) is 31.2 Å². The number of rotatable bonds is 7. The number of hydrogen-bond acceptors (Lipinski definition) is 3. The predicted octanol–water partition coefficient (Wildman–Crippen LogP) is 3.17. The minimum atomic E-state index is 0.271. The molecule has 170 valence electrons. The molecule has 1 amide bonds. The summed E-state index contributed by atoms with van der Waals surface area (Å²) in [5.74, 6) is 1.53. The zero-order valence-electron chi connectivity index (χ0n) is 19.1. The number of guanidine groups is 1. The normalized spacial score (nSPS) is 24.0. The summed E-state index contributed by atoms with van der Waals surface area (Å²) in [5, 5.41) is 7.04. The van der Waals surface area contributed by atoms with Crippen molar-refractivity contribution in [2.24, 2.45) is 10.9 Å². The largest absolute Gasteiger partial charge is 0.357 e. The minimum Gasteiger partial charge on any atom is -0.357 e. The first-order valence-electron chi connectivity index (χ1n) is 12.4. The van der Waals surface area contributed by atoms with Crippen molar-refractivity contribution in [3.05, 3.63) is 35.9 Å². The van der Waals surface area contributed by atoms with Crippen molar-refractivity contribution in [1.82, 2.24) is 20.4 Å². The Labute approximate surface area is 187 Å². The van der Waals surface area contributed by atoms with Crippen LogP contribution in [0.2, 0.25) is 0 Å². The first-order chi connectivity index (χ1) is 15.2. The number of hydrogen-bond donors (Lipinski definition) is 2. The third-order valence-corrected chi connectivity index (χ3v) is 7.08. The quantitative estimate of drug-likeness (QED) is 0.520. The Bertz CT molecular complexity index is 725. The number of nitrogens with one attached hydrogen (secondary N) is 2. The molecule has 2 saturated heterocycles. The number of aliphatic imine (C=N–C) groups is 1. The van der Waals surface area contributed by atoms with Gasteiger partial charge in [-0.25, -0.2) is 0 Å². The standard InChI is InChI=1S/C25H39N5O/c1-2-26-25(28-22-14-17-30(19-22)24(31)21-12-6-7-13-21)27-18-23(29-15-8-9-16-29)20-10-4-3-5-11-20/h3-5,10-11,21-23H,2,6-9,12-19H2,1H3,(H2,26,27,28). The highest BCUT2D eigenvalue weighted by Gasteiger charge is 2.32. The molecular weight excluding hydrogens is 386 g/mol. The summed E-state index contributed by atoms with van der Waals surface area (Å²) < 4.78 is 0. The lowest BCUT2D eigenvalue weighted by molar-refractivity contribution is -0.134. The van der Waals surface area contributed by atoms with Crippen molar-refractivity contribution >= 4 is 11.9 Å². The van der Waals surface area contributed by atoms with Crippen LogP contribution in [0.25, 0.3) is 0 Å². The number of carbonyl (C=O) groups is 1. The van der Waals surface area contributed by atoms with Gasteiger partial charge in [-0.05, 0) is 57.7 Å². The van der Waals surface area contributed by atoms with Crippen molar-refractivity contribution in [1.29, 1.82) is 0 Å². The summed E-state index contributed by atoms with van der Waals surface area (Å²) in [5.41, 5.74) is 1.35. The molecule has 0 spiro atoms. The van der Waals surface area contributed by atoms with Crippen LogP contribution >= 0.6 is 0 Å². The zero-order chi connectivity index (χ0) is 21.5. The highest BCUT2D eigenvalue weighted by atomic mass is 16.2. The van der Waals surface area contributed by atoms with E-state index in [0.717, 1.165) is 64.5 Å². The Hall–Kier alpha value is -2.08. The number of amides is 1. The second kappa shape index (κ2) is 11.0. The molecule has 4 rings (SSSR count). The molecule has 6 nitrogen and oxygen atoms in total. The Morgan fingerprint density at radius 1 is 1.06 bits per heavy atom. The van der Waals surface area contributed by atoms with Crippen LogP contribution in [0.3, 0.4) is 0 Å². The van der Waals surface area contributed by atoms with Crippen LogP contribution in [0, 0.1) is 5.92 Å². The second-order valence-corrected chi connectivity index (χ2v) is 9.28. The SMILES string of the molecule is CCNC(=NCC(c1ccccc1)N1CCCC1)NC1CCN(C(=O)C2CCCC2)C1. The van der Waals surface area contributed by atoms with Gasteiger partial charge in [0.1, 0.15) is 0 Å². The lowest BCUT2D eigenvalue weighted by Gasteiger charge is -2.27. The maximum absolute atomic E-state index is 12.8. The van der Waals surface area contributed by atoms with E-state index in [1.54, 1.807) is 0 Å². The van der Waals surface area contributed by atoms with Crippen molar-refractivity contribution in [2.75, 3.05) is 39.3 Å². The van der Waals surface area contributed by atoms with E-state index in [2.05, 4.69) is 57.7 Å². The van der Waals surface area contributed by atoms with Crippen molar-refractivity contribution in [3.63, 3.8) is 0 Å². The molecule has 1 aromatic rings. The van der Waals surface area contributed by atoms with Gasteiger partial charge in [-0.3, -0.25) is 14.7 Å². The molecule has 3 fully saturated rings. The average Bonchev–Trinajstić information content (AvgIpc) is 3.57. The lowest BCUT2D eigenvalue weighted by Crippen LogP contribution is -2.45. The lowest BCUT2D eigenvalue weighted by atomic mass is 10.1. The fraction of sp³-hybridized carbons (Fsp3) is 0.680. The Morgan fingerprint density at radius 3 is 2.52 bits per heavy atom. The van der Waals surface area contributed by atoms with E-state index in [0.29, 0.717) is 11.9 Å². The molecule has 0 bridgehead atoms. The second-order valence-electron chi connectivity index (χ2n) is 9.28. The van der Waals surface area contributed by atoms with E-state index in [9.17, 15) is 4.79 Å². The summed E-state index contributed by atoms with van der Waals surface area (Å²) in [6.07, 6.45) is 8.13. The van der Waals surface area contributed by atoms with Gasteiger partial charge < -0.3 is 15.5 Å². The van der Waals surface area contributed by atoms with Gasteiger partial charge in [0, 0.05) is 31.6 Å². The first-order valence-corrected chi connectivity index (χ1v) is 12.4. The van der Waals surface area contributed by atoms with Crippen LogP contribution in [0.5, 0.6) is 0 Å². The molecular formula is C25H39N5O. The Kier molecular flexibility index (Phi) is 7.84. The molecule has 0 radical (unpaired) electrons. The van der Waals surface area contributed by atoms with Crippen LogP contribution in [-0.2, 0) is 4.79 Å². The molecule has 2 heterocycles. The van der Waals surface area contributed by atoms with Crippen LogP contribution in [0.15, 0.2) is 35.3 Å². The van der Waals surface area contributed by atoms with E-state index in [1.807, 2.05) is 0 Å². The molecule has 1 saturated carbocycles. The molecule has 6 heteroatoms.